The highest BCUT2D eigenvalue weighted by Crippen LogP contribution is 2.38. The maximum atomic E-state index is 14.0. The summed E-state index contributed by atoms with van der Waals surface area (Å²) in [5, 5.41) is 11.2. The Balaban J connectivity index is 1.54. The second-order valence-electron chi connectivity index (χ2n) is 10.2. The Hall–Kier alpha value is -5.14. The molecule has 12 nitrogen and oxygen atoms in total. The summed E-state index contributed by atoms with van der Waals surface area (Å²) in [5.74, 6) is 1.05. The first-order chi connectivity index (χ1) is 23.2. The van der Waals surface area contributed by atoms with Gasteiger partial charge in [-0.25, -0.2) is 9.79 Å². The van der Waals surface area contributed by atoms with Crippen molar-refractivity contribution in [3.63, 3.8) is 0 Å². The molecule has 48 heavy (non-hydrogen) atoms. The lowest BCUT2D eigenvalue weighted by atomic mass is 9.97. The van der Waals surface area contributed by atoms with Gasteiger partial charge in [-0.1, -0.05) is 29.0 Å². The smallest absolute Gasteiger partial charge is 0.337 e. The normalized spacial score (nSPS) is 14.0. The van der Waals surface area contributed by atoms with Gasteiger partial charge < -0.3 is 23.7 Å². The molecule has 0 unspecified atom stereocenters. The van der Waals surface area contributed by atoms with E-state index >= 15 is 0 Å². The molecule has 0 saturated carbocycles. The number of nitro groups is 1. The molecule has 0 spiro atoms. The summed E-state index contributed by atoms with van der Waals surface area (Å²) in [5.41, 5.74) is 1.66. The van der Waals surface area contributed by atoms with E-state index in [0.717, 1.165) is 11.3 Å². The standard InChI is InChI=1S/C34H32ClN3O9S/c1-5-44-26-13-10-22(17-27(26)45-6-2)30-24(33(40)43-4)18-36-34-37(30)32(39)29(48-34)16-21-14-25(35)31(28(15-21)46-7-3)47-19-20-8-11-23(12-9-20)38(41)42/h8-18,30H,5-7,19H2,1-4H3/b29-16-/t30-/m0/s1. The second kappa shape index (κ2) is 15.2. The molecule has 0 fully saturated rings. The fraction of sp³-hybridized carbons (Fsp3) is 0.265. The van der Waals surface area contributed by atoms with Crippen molar-refractivity contribution in [1.82, 2.24) is 4.57 Å². The summed E-state index contributed by atoms with van der Waals surface area (Å²) in [4.78, 5) is 42.3. The Labute approximate surface area is 284 Å². The molecule has 0 bridgehead atoms. The third-order valence-corrected chi connectivity index (χ3v) is 8.45. The van der Waals surface area contributed by atoms with Crippen LogP contribution in [0.15, 0.2) is 76.2 Å². The van der Waals surface area contributed by atoms with E-state index in [1.165, 1.54) is 30.0 Å². The molecule has 2 heterocycles. The quantitative estimate of drug-likeness (QED) is 0.103. The number of carbonyl (C=O) groups excluding carboxylic acids is 1. The van der Waals surface area contributed by atoms with Crippen LogP contribution >= 0.6 is 22.9 Å². The summed E-state index contributed by atoms with van der Waals surface area (Å²) in [6.45, 7) is 6.77. The highest BCUT2D eigenvalue weighted by molar-refractivity contribution is 7.07. The molecule has 0 saturated heterocycles. The number of rotatable bonds is 13. The van der Waals surface area contributed by atoms with Crippen LogP contribution in [0.2, 0.25) is 5.02 Å². The lowest BCUT2D eigenvalue weighted by Crippen LogP contribution is -2.39. The zero-order valence-electron chi connectivity index (χ0n) is 26.6. The van der Waals surface area contributed by atoms with Crippen molar-refractivity contribution in [2.45, 2.75) is 33.4 Å². The third-order valence-electron chi connectivity index (χ3n) is 7.17. The van der Waals surface area contributed by atoms with Crippen molar-refractivity contribution in [1.29, 1.82) is 0 Å². The van der Waals surface area contributed by atoms with Crippen LogP contribution in [0.5, 0.6) is 23.0 Å². The van der Waals surface area contributed by atoms with E-state index in [0.29, 0.717) is 68.8 Å². The predicted octanol–water partition coefficient (Wildman–Crippen LogP) is 5.35. The van der Waals surface area contributed by atoms with Gasteiger partial charge in [0.25, 0.3) is 11.2 Å². The number of carbonyl (C=O) groups is 1. The van der Waals surface area contributed by atoms with Gasteiger partial charge in [-0.2, -0.15) is 0 Å². The number of methoxy groups -OCH3 is 1. The van der Waals surface area contributed by atoms with Gasteiger partial charge in [0.2, 0.25) is 0 Å². The number of benzene rings is 3. The Bertz CT molecular complexity index is 2060. The summed E-state index contributed by atoms with van der Waals surface area (Å²) < 4.78 is 30.2. The van der Waals surface area contributed by atoms with Crippen LogP contribution in [0.1, 0.15) is 43.5 Å². The van der Waals surface area contributed by atoms with Crippen LogP contribution in [-0.2, 0) is 16.1 Å². The van der Waals surface area contributed by atoms with Gasteiger partial charge in [-0.3, -0.25) is 19.5 Å². The number of hydrogen-bond donors (Lipinski definition) is 0. The largest absolute Gasteiger partial charge is 0.490 e. The van der Waals surface area contributed by atoms with Gasteiger partial charge in [0, 0.05) is 18.3 Å². The summed E-state index contributed by atoms with van der Waals surface area (Å²) in [7, 11) is 1.27. The van der Waals surface area contributed by atoms with Crippen molar-refractivity contribution in [3.05, 3.63) is 118 Å². The van der Waals surface area contributed by atoms with E-state index in [-0.39, 0.29) is 28.4 Å². The number of halogens is 1. The van der Waals surface area contributed by atoms with E-state index in [1.54, 1.807) is 48.5 Å². The number of hydrogen-bond acceptors (Lipinski definition) is 11. The molecule has 1 aliphatic heterocycles. The van der Waals surface area contributed by atoms with Crippen LogP contribution in [0.3, 0.4) is 0 Å². The minimum Gasteiger partial charge on any atom is -0.490 e. The molecule has 5 rings (SSSR count). The van der Waals surface area contributed by atoms with Crippen LogP contribution < -0.4 is 33.8 Å². The summed E-state index contributed by atoms with van der Waals surface area (Å²) >= 11 is 7.82. The van der Waals surface area contributed by atoms with Crippen LogP contribution in [0, 0.1) is 10.1 Å². The Morgan fingerprint density at radius 3 is 2.33 bits per heavy atom. The maximum absolute atomic E-state index is 14.0. The second-order valence-corrected chi connectivity index (χ2v) is 11.6. The molecular formula is C34H32ClN3O9S. The molecule has 0 amide bonds. The first-order valence-corrected chi connectivity index (χ1v) is 16.2. The average molecular weight is 694 g/mol. The number of fused-ring (bicyclic) bond motifs is 1. The van der Waals surface area contributed by atoms with Crippen molar-refractivity contribution in [2.75, 3.05) is 26.9 Å². The molecule has 1 aliphatic rings. The molecule has 0 radical (unpaired) electrons. The Kier molecular flexibility index (Phi) is 10.8. The molecular weight excluding hydrogens is 662 g/mol. The van der Waals surface area contributed by atoms with Gasteiger partial charge in [-0.05, 0) is 79.9 Å². The van der Waals surface area contributed by atoms with E-state index in [1.807, 2.05) is 20.8 Å². The zero-order chi connectivity index (χ0) is 34.4. The lowest BCUT2D eigenvalue weighted by molar-refractivity contribution is -0.384. The summed E-state index contributed by atoms with van der Waals surface area (Å²) in [6.07, 6.45) is 3.09. The molecule has 1 aromatic heterocycles. The zero-order valence-corrected chi connectivity index (χ0v) is 28.1. The monoisotopic (exact) mass is 693 g/mol. The van der Waals surface area contributed by atoms with Gasteiger partial charge in [0.05, 0.1) is 53.0 Å². The number of esters is 1. The van der Waals surface area contributed by atoms with E-state index in [4.69, 9.17) is 35.3 Å². The highest BCUT2D eigenvalue weighted by Gasteiger charge is 2.31. The highest BCUT2D eigenvalue weighted by atomic mass is 35.5. The predicted molar refractivity (Wildman–Crippen MR) is 180 cm³/mol. The topological polar surface area (TPSA) is 141 Å². The van der Waals surface area contributed by atoms with E-state index in [9.17, 15) is 19.7 Å². The fourth-order valence-electron chi connectivity index (χ4n) is 5.08. The van der Waals surface area contributed by atoms with E-state index < -0.39 is 16.9 Å². The van der Waals surface area contributed by atoms with Crippen LogP contribution in [0.25, 0.3) is 6.08 Å². The van der Waals surface area contributed by atoms with Gasteiger partial charge in [0.15, 0.2) is 27.8 Å². The number of nitrogens with zero attached hydrogens (tertiary/aromatic N) is 3. The minimum atomic E-state index is -0.844. The lowest BCUT2D eigenvalue weighted by Gasteiger charge is -2.23. The van der Waals surface area contributed by atoms with Crippen LogP contribution in [-0.4, -0.2) is 42.4 Å². The van der Waals surface area contributed by atoms with Crippen molar-refractivity contribution < 1.29 is 33.4 Å². The molecule has 1 atom stereocenters. The minimum absolute atomic E-state index is 0.0241. The molecule has 14 heteroatoms. The van der Waals surface area contributed by atoms with Gasteiger partial charge >= 0.3 is 5.97 Å². The Morgan fingerprint density at radius 2 is 1.67 bits per heavy atom. The van der Waals surface area contributed by atoms with Crippen molar-refractivity contribution in [2.24, 2.45) is 4.99 Å². The summed E-state index contributed by atoms with van der Waals surface area (Å²) in [6, 6.07) is 13.8. The van der Waals surface area contributed by atoms with Gasteiger partial charge in [0.1, 0.15) is 6.61 Å². The number of ether oxygens (including phenoxy) is 5. The number of thiazole rings is 1. The molecule has 0 N–H and O–H groups in total. The molecule has 0 aliphatic carbocycles. The average Bonchev–Trinajstić information content (AvgIpc) is 3.39. The number of nitro benzene ring substituents is 1. The Morgan fingerprint density at radius 1 is 0.979 bits per heavy atom. The van der Waals surface area contributed by atoms with Crippen molar-refractivity contribution >= 4 is 40.7 Å². The molecule has 250 valence electrons. The SMILES string of the molecule is CCOc1ccc([C@H]2C(C(=O)OC)=CN=c3s/c(=C\c4cc(Cl)c(OCc5ccc([N+](=O)[O-])cc5)c(OCC)c4)c(=O)n32)cc1OCC. The fourth-order valence-corrected chi connectivity index (χ4v) is 6.33. The van der Waals surface area contributed by atoms with Crippen LogP contribution in [0.4, 0.5) is 5.69 Å². The van der Waals surface area contributed by atoms with E-state index in [2.05, 4.69) is 4.99 Å². The number of non-ortho nitro benzene ring substituents is 1. The molecule has 3 aromatic carbocycles. The first kappa shape index (κ1) is 34.2. The number of aromatic nitrogens is 1. The maximum Gasteiger partial charge on any atom is 0.337 e. The molecule has 4 aromatic rings. The third kappa shape index (κ3) is 7.21. The first-order valence-electron chi connectivity index (χ1n) is 15.0. The van der Waals surface area contributed by atoms with Crippen molar-refractivity contribution in [3.8, 4) is 23.0 Å². The van der Waals surface area contributed by atoms with Gasteiger partial charge in [-0.15, -0.1) is 0 Å².